The van der Waals surface area contributed by atoms with Crippen molar-refractivity contribution >= 4 is 27.3 Å². The van der Waals surface area contributed by atoms with E-state index in [1.54, 1.807) is 59.5 Å². The summed E-state index contributed by atoms with van der Waals surface area (Å²) in [5, 5.41) is 0. The molecule has 1 amide bonds. The minimum Gasteiger partial charge on any atom is -0.459 e. The summed E-state index contributed by atoms with van der Waals surface area (Å²) in [6, 6.07) is 27.6. The summed E-state index contributed by atoms with van der Waals surface area (Å²) in [4.78, 5) is 15.2. The number of sulfonamides is 1. The summed E-state index contributed by atoms with van der Waals surface area (Å²) in [6.45, 7) is 1.93. The summed E-state index contributed by atoms with van der Waals surface area (Å²) in [7, 11) is -3.89. The van der Waals surface area contributed by atoms with Gasteiger partial charge in [0.15, 0.2) is 5.76 Å². The lowest BCUT2D eigenvalue weighted by Crippen LogP contribution is -2.47. The van der Waals surface area contributed by atoms with Crippen molar-refractivity contribution in [3.8, 4) is 0 Å². The van der Waals surface area contributed by atoms with Crippen molar-refractivity contribution in [2.75, 3.05) is 9.21 Å². The highest BCUT2D eigenvalue weighted by molar-refractivity contribution is 7.92. The number of carbonyl (C=O) groups is 1. The fourth-order valence-corrected chi connectivity index (χ4v) is 6.26. The molecule has 2 atom stereocenters. The number of anilines is 2. The van der Waals surface area contributed by atoms with Crippen LogP contribution in [0.2, 0.25) is 0 Å². The van der Waals surface area contributed by atoms with E-state index in [1.165, 1.54) is 10.6 Å². The van der Waals surface area contributed by atoms with Crippen LogP contribution < -0.4 is 9.21 Å². The lowest BCUT2D eigenvalue weighted by molar-refractivity contribution is 0.0947. The molecule has 4 aromatic rings. The average Bonchev–Trinajstić information content (AvgIpc) is 3.40. The van der Waals surface area contributed by atoms with Gasteiger partial charge in [0.05, 0.1) is 22.9 Å². The largest absolute Gasteiger partial charge is 0.459 e. The molecule has 1 aromatic heterocycles. The van der Waals surface area contributed by atoms with Crippen molar-refractivity contribution in [1.82, 2.24) is 0 Å². The second-order valence-electron chi connectivity index (χ2n) is 8.26. The van der Waals surface area contributed by atoms with Gasteiger partial charge in [-0.2, -0.15) is 0 Å². The van der Waals surface area contributed by atoms with Crippen molar-refractivity contribution in [1.29, 1.82) is 0 Å². The van der Waals surface area contributed by atoms with Gasteiger partial charge in [-0.05, 0) is 61.4 Å². The Hall–Kier alpha value is -3.84. The van der Waals surface area contributed by atoms with Gasteiger partial charge >= 0.3 is 0 Å². The van der Waals surface area contributed by atoms with Gasteiger partial charge in [0.2, 0.25) is 0 Å². The first kappa shape index (κ1) is 22.0. The quantitative estimate of drug-likeness (QED) is 0.376. The van der Waals surface area contributed by atoms with E-state index in [1.807, 2.05) is 49.4 Å². The SMILES string of the molecule is C[C@H]1C[C@@H](N(c2ccccc2)S(=O)(=O)c2ccccc2)c2ccccc2N1C(=O)c1ccco1. The van der Waals surface area contributed by atoms with Gasteiger partial charge in [-0.25, -0.2) is 8.42 Å². The fourth-order valence-electron chi connectivity index (χ4n) is 4.60. The number of amides is 1. The van der Waals surface area contributed by atoms with Crippen molar-refractivity contribution in [3.05, 3.63) is 115 Å². The predicted octanol–water partition coefficient (Wildman–Crippen LogP) is 5.66. The standard InChI is InChI=1S/C27H24N2O4S/c1-20-19-25(23-15-8-9-16-24(23)28(20)27(30)26-17-10-18-33-26)29(21-11-4-2-5-12-21)34(31,32)22-13-6-3-7-14-22/h2-18,20,25H,19H2,1H3/t20-,25+/m0/s1. The molecule has 0 radical (unpaired) electrons. The van der Waals surface area contributed by atoms with E-state index in [4.69, 9.17) is 4.42 Å². The molecule has 6 nitrogen and oxygen atoms in total. The minimum absolute atomic E-state index is 0.220. The van der Waals surface area contributed by atoms with Crippen LogP contribution in [0.4, 0.5) is 11.4 Å². The Balaban J connectivity index is 1.66. The Morgan fingerprint density at radius 2 is 1.53 bits per heavy atom. The van der Waals surface area contributed by atoms with Crippen molar-refractivity contribution < 1.29 is 17.6 Å². The Morgan fingerprint density at radius 3 is 2.21 bits per heavy atom. The van der Waals surface area contributed by atoms with Crippen LogP contribution in [0.15, 0.2) is 113 Å². The summed E-state index contributed by atoms with van der Waals surface area (Å²) >= 11 is 0. The van der Waals surface area contributed by atoms with E-state index in [2.05, 4.69) is 0 Å². The topological polar surface area (TPSA) is 70.8 Å². The Labute approximate surface area is 199 Å². The fraction of sp³-hybridized carbons (Fsp3) is 0.148. The number of hydrogen-bond donors (Lipinski definition) is 0. The Kier molecular flexibility index (Phi) is 5.71. The molecule has 34 heavy (non-hydrogen) atoms. The third-order valence-electron chi connectivity index (χ3n) is 6.10. The number of nitrogens with zero attached hydrogens (tertiary/aromatic N) is 2. The Bertz CT molecular complexity index is 1390. The highest BCUT2D eigenvalue weighted by Gasteiger charge is 2.41. The number of furan rings is 1. The van der Waals surface area contributed by atoms with Gasteiger partial charge < -0.3 is 9.32 Å². The molecule has 0 bridgehead atoms. The third-order valence-corrected chi connectivity index (χ3v) is 7.96. The van der Waals surface area contributed by atoms with E-state index < -0.39 is 16.1 Å². The minimum atomic E-state index is -3.89. The molecule has 0 saturated heterocycles. The lowest BCUT2D eigenvalue weighted by Gasteiger charge is -2.43. The maximum atomic E-state index is 14.0. The van der Waals surface area contributed by atoms with Gasteiger partial charge in [0.25, 0.3) is 15.9 Å². The molecule has 3 aromatic carbocycles. The van der Waals surface area contributed by atoms with Crippen LogP contribution in [-0.4, -0.2) is 20.4 Å². The Morgan fingerprint density at radius 1 is 0.882 bits per heavy atom. The number of rotatable bonds is 5. The molecule has 0 spiro atoms. The number of benzene rings is 3. The molecule has 0 saturated carbocycles. The molecule has 0 N–H and O–H groups in total. The molecular weight excluding hydrogens is 448 g/mol. The molecule has 0 aliphatic carbocycles. The first-order chi connectivity index (χ1) is 16.5. The summed E-state index contributed by atoms with van der Waals surface area (Å²) < 4.78 is 34.8. The molecule has 2 heterocycles. The molecule has 1 aliphatic rings. The van der Waals surface area contributed by atoms with Crippen LogP contribution >= 0.6 is 0 Å². The second-order valence-corrected chi connectivity index (χ2v) is 10.1. The van der Waals surface area contributed by atoms with Gasteiger partial charge in [-0.15, -0.1) is 0 Å². The summed E-state index contributed by atoms with van der Waals surface area (Å²) in [6.07, 6.45) is 1.89. The first-order valence-corrected chi connectivity index (χ1v) is 12.5. The smallest absolute Gasteiger partial charge is 0.294 e. The van der Waals surface area contributed by atoms with Crippen LogP contribution in [0.25, 0.3) is 0 Å². The zero-order chi connectivity index (χ0) is 23.7. The molecule has 0 unspecified atom stereocenters. The highest BCUT2D eigenvalue weighted by Crippen LogP contribution is 2.44. The highest BCUT2D eigenvalue weighted by atomic mass is 32.2. The van der Waals surface area contributed by atoms with E-state index in [-0.39, 0.29) is 22.6 Å². The number of hydrogen-bond acceptors (Lipinski definition) is 4. The summed E-state index contributed by atoms with van der Waals surface area (Å²) in [5.41, 5.74) is 2.02. The van der Waals surface area contributed by atoms with Crippen LogP contribution in [0.3, 0.4) is 0 Å². The molecule has 7 heteroatoms. The van der Waals surface area contributed by atoms with Crippen molar-refractivity contribution in [2.45, 2.75) is 30.3 Å². The predicted molar refractivity (Wildman–Crippen MR) is 131 cm³/mol. The molecule has 5 rings (SSSR count). The maximum absolute atomic E-state index is 14.0. The normalized spacial score (nSPS) is 17.7. The molecular formula is C27H24N2O4S. The number of para-hydroxylation sites is 2. The number of fused-ring (bicyclic) bond motifs is 1. The maximum Gasteiger partial charge on any atom is 0.294 e. The second kappa shape index (κ2) is 8.83. The van der Waals surface area contributed by atoms with E-state index in [0.29, 0.717) is 17.8 Å². The monoisotopic (exact) mass is 472 g/mol. The first-order valence-electron chi connectivity index (χ1n) is 11.1. The number of carbonyl (C=O) groups excluding carboxylic acids is 1. The van der Waals surface area contributed by atoms with Gasteiger partial charge in [-0.3, -0.25) is 9.10 Å². The third kappa shape index (κ3) is 3.78. The van der Waals surface area contributed by atoms with Crippen LogP contribution in [0.5, 0.6) is 0 Å². The molecule has 172 valence electrons. The zero-order valence-corrected chi connectivity index (χ0v) is 19.4. The zero-order valence-electron chi connectivity index (χ0n) is 18.6. The van der Waals surface area contributed by atoms with E-state index in [9.17, 15) is 13.2 Å². The van der Waals surface area contributed by atoms with Crippen LogP contribution in [-0.2, 0) is 10.0 Å². The average molecular weight is 473 g/mol. The van der Waals surface area contributed by atoms with Gasteiger partial charge in [-0.1, -0.05) is 54.6 Å². The van der Waals surface area contributed by atoms with Crippen molar-refractivity contribution in [3.63, 3.8) is 0 Å². The van der Waals surface area contributed by atoms with Crippen LogP contribution in [0.1, 0.15) is 35.5 Å². The van der Waals surface area contributed by atoms with Crippen molar-refractivity contribution in [2.24, 2.45) is 0 Å². The lowest BCUT2D eigenvalue weighted by atomic mass is 9.91. The van der Waals surface area contributed by atoms with Gasteiger partial charge in [0.1, 0.15) is 0 Å². The van der Waals surface area contributed by atoms with E-state index >= 15 is 0 Å². The van der Waals surface area contributed by atoms with E-state index in [0.717, 1.165) is 5.56 Å². The molecule has 0 fully saturated rings. The van der Waals surface area contributed by atoms with Crippen LogP contribution in [0, 0.1) is 0 Å². The molecule has 1 aliphatic heterocycles. The van der Waals surface area contributed by atoms with Gasteiger partial charge in [0, 0.05) is 11.7 Å². The summed E-state index contributed by atoms with van der Waals surface area (Å²) in [5.74, 6) is -0.00231.